The van der Waals surface area contributed by atoms with Gasteiger partial charge in [0, 0.05) is 17.6 Å². The monoisotopic (exact) mass is 393 g/mol. The van der Waals surface area contributed by atoms with Gasteiger partial charge in [-0.25, -0.2) is 4.98 Å². The molecule has 1 aliphatic rings. The number of aromatic nitrogens is 1. The maximum atomic E-state index is 12.7. The number of carbonyl (C=O) groups excluding carboxylic acids is 1. The van der Waals surface area contributed by atoms with Gasteiger partial charge < -0.3 is 11.1 Å². The first kappa shape index (κ1) is 18.9. The Morgan fingerprint density at radius 2 is 2.04 bits per heavy atom. The van der Waals surface area contributed by atoms with E-state index in [9.17, 15) is 4.79 Å². The normalized spacial score (nSPS) is 16.8. The molecule has 0 saturated heterocycles. The molecule has 0 saturated carbocycles. The van der Waals surface area contributed by atoms with Gasteiger partial charge in [0.1, 0.15) is 9.71 Å². The van der Waals surface area contributed by atoms with Crippen molar-refractivity contribution in [3.63, 3.8) is 0 Å². The van der Waals surface area contributed by atoms with Gasteiger partial charge in [-0.05, 0) is 47.8 Å². The summed E-state index contributed by atoms with van der Waals surface area (Å²) in [6, 6.07) is 12.1. The van der Waals surface area contributed by atoms with Crippen molar-refractivity contribution < 1.29 is 4.79 Å². The molecule has 5 heteroatoms. The highest BCUT2D eigenvalue weighted by Crippen LogP contribution is 2.40. The number of nitrogen functional groups attached to an aromatic ring is 1. The van der Waals surface area contributed by atoms with Gasteiger partial charge in [-0.2, -0.15) is 0 Å². The molecule has 1 atom stereocenters. The van der Waals surface area contributed by atoms with Crippen LogP contribution in [0.25, 0.3) is 10.2 Å². The number of fused-ring (bicyclic) bond motifs is 2. The van der Waals surface area contributed by atoms with E-state index in [0.29, 0.717) is 23.0 Å². The van der Waals surface area contributed by atoms with Crippen LogP contribution in [0.15, 0.2) is 36.4 Å². The van der Waals surface area contributed by atoms with Crippen LogP contribution < -0.4 is 11.1 Å². The van der Waals surface area contributed by atoms with Crippen LogP contribution in [0.1, 0.15) is 53.7 Å². The van der Waals surface area contributed by atoms with Crippen molar-refractivity contribution in [3.8, 4) is 0 Å². The molecular formula is C23H27N3OS. The summed E-state index contributed by atoms with van der Waals surface area (Å²) in [4.78, 5) is 19.0. The van der Waals surface area contributed by atoms with E-state index in [0.717, 1.165) is 28.6 Å². The summed E-state index contributed by atoms with van der Waals surface area (Å²) in [7, 11) is 0. The highest BCUT2D eigenvalue weighted by Gasteiger charge is 2.30. The van der Waals surface area contributed by atoms with Crippen molar-refractivity contribution in [2.24, 2.45) is 11.3 Å². The fourth-order valence-electron chi connectivity index (χ4n) is 3.96. The predicted octanol–water partition coefficient (Wildman–Crippen LogP) is 4.96. The number of nitrogens with two attached hydrogens (primary N) is 1. The molecule has 0 radical (unpaired) electrons. The Hall–Kier alpha value is -2.40. The minimum atomic E-state index is -0.130. The van der Waals surface area contributed by atoms with E-state index in [1.807, 2.05) is 30.3 Å². The van der Waals surface area contributed by atoms with Gasteiger partial charge in [-0.15, -0.1) is 11.3 Å². The summed E-state index contributed by atoms with van der Waals surface area (Å²) < 4.78 is 0. The SMILES string of the molecule is CC(C)(C)C1CCc2nc3sc(C(=O)NCc4ccccc4)c(N)c3cc2C1. The molecule has 4 nitrogen and oxygen atoms in total. The molecule has 4 rings (SSSR count). The number of nitrogens with one attached hydrogen (secondary N) is 1. The number of nitrogens with zero attached hydrogens (tertiary/aromatic N) is 1. The van der Waals surface area contributed by atoms with Crippen LogP contribution in [0.5, 0.6) is 0 Å². The molecule has 0 fully saturated rings. The third-order valence-corrected chi connectivity index (χ3v) is 6.93. The summed E-state index contributed by atoms with van der Waals surface area (Å²) in [6.07, 6.45) is 3.20. The molecule has 1 amide bonds. The molecule has 0 aliphatic heterocycles. The lowest BCUT2D eigenvalue weighted by Crippen LogP contribution is -2.27. The second-order valence-corrected chi connectivity index (χ2v) is 9.76. The molecule has 3 aromatic rings. The second kappa shape index (κ2) is 7.21. The lowest BCUT2D eigenvalue weighted by atomic mass is 9.71. The van der Waals surface area contributed by atoms with E-state index < -0.39 is 0 Å². The summed E-state index contributed by atoms with van der Waals surface area (Å²) in [6.45, 7) is 7.42. The minimum Gasteiger partial charge on any atom is -0.397 e. The molecule has 1 aromatic carbocycles. The van der Waals surface area contributed by atoms with E-state index in [2.05, 4.69) is 32.2 Å². The number of amides is 1. The Kier molecular flexibility index (Phi) is 4.88. The maximum absolute atomic E-state index is 12.7. The standard InChI is InChI=1S/C23H27N3OS/c1-23(2,3)16-9-10-18-15(11-16)12-17-19(24)20(28-22(17)26-18)21(27)25-13-14-7-5-4-6-8-14/h4-8,12,16H,9-11,13,24H2,1-3H3,(H,25,27). The average molecular weight is 394 g/mol. The number of aryl methyl sites for hydroxylation is 1. The predicted molar refractivity (Wildman–Crippen MR) is 117 cm³/mol. The fraction of sp³-hybridized carbons (Fsp3) is 0.391. The molecule has 146 valence electrons. The van der Waals surface area contributed by atoms with Crippen molar-refractivity contribution in [2.45, 2.75) is 46.6 Å². The average Bonchev–Trinajstić information content (AvgIpc) is 3.00. The summed E-state index contributed by atoms with van der Waals surface area (Å²) >= 11 is 1.40. The van der Waals surface area contributed by atoms with Crippen molar-refractivity contribution in [1.82, 2.24) is 10.3 Å². The largest absolute Gasteiger partial charge is 0.397 e. The molecule has 2 heterocycles. The molecule has 3 N–H and O–H groups in total. The van der Waals surface area contributed by atoms with Crippen LogP contribution in [-0.4, -0.2) is 10.9 Å². The lowest BCUT2D eigenvalue weighted by Gasteiger charge is -2.34. The van der Waals surface area contributed by atoms with Gasteiger partial charge in [-0.1, -0.05) is 51.1 Å². The molecule has 28 heavy (non-hydrogen) atoms. The first-order chi connectivity index (χ1) is 13.3. The van der Waals surface area contributed by atoms with Crippen LogP contribution in [0.4, 0.5) is 5.69 Å². The third-order valence-electron chi connectivity index (χ3n) is 5.81. The van der Waals surface area contributed by atoms with Gasteiger partial charge in [0.15, 0.2) is 0 Å². The molecule has 0 bridgehead atoms. The number of anilines is 1. The van der Waals surface area contributed by atoms with E-state index in [4.69, 9.17) is 10.7 Å². The fourth-order valence-corrected chi connectivity index (χ4v) is 4.97. The van der Waals surface area contributed by atoms with Crippen LogP contribution in [-0.2, 0) is 19.4 Å². The van der Waals surface area contributed by atoms with Gasteiger partial charge in [-0.3, -0.25) is 4.79 Å². The van der Waals surface area contributed by atoms with Crippen LogP contribution in [0, 0.1) is 11.3 Å². The first-order valence-electron chi connectivity index (χ1n) is 9.86. The van der Waals surface area contributed by atoms with E-state index >= 15 is 0 Å². The quantitative estimate of drug-likeness (QED) is 0.661. The Morgan fingerprint density at radius 3 is 2.75 bits per heavy atom. The molecule has 2 aromatic heterocycles. The van der Waals surface area contributed by atoms with E-state index in [-0.39, 0.29) is 11.3 Å². The van der Waals surface area contributed by atoms with Gasteiger partial charge in [0.25, 0.3) is 5.91 Å². The number of hydrogen-bond acceptors (Lipinski definition) is 4. The van der Waals surface area contributed by atoms with Gasteiger partial charge >= 0.3 is 0 Å². The Morgan fingerprint density at radius 1 is 1.29 bits per heavy atom. The van der Waals surface area contributed by atoms with Gasteiger partial charge in [0.2, 0.25) is 0 Å². The van der Waals surface area contributed by atoms with E-state index in [1.165, 1.54) is 29.0 Å². The van der Waals surface area contributed by atoms with E-state index in [1.54, 1.807) is 0 Å². The van der Waals surface area contributed by atoms with Crippen LogP contribution in [0.3, 0.4) is 0 Å². The zero-order valence-electron chi connectivity index (χ0n) is 16.7. The summed E-state index contributed by atoms with van der Waals surface area (Å²) in [5.74, 6) is 0.516. The Balaban J connectivity index is 1.60. The molecule has 1 aliphatic carbocycles. The van der Waals surface area contributed by atoms with Gasteiger partial charge in [0.05, 0.1) is 5.69 Å². The van der Waals surface area contributed by atoms with Crippen molar-refractivity contribution in [1.29, 1.82) is 0 Å². The number of pyridine rings is 1. The van der Waals surface area contributed by atoms with Crippen LogP contribution >= 0.6 is 11.3 Å². The second-order valence-electron chi connectivity index (χ2n) is 8.77. The highest BCUT2D eigenvalue weighted by molar-refractivity contribution is 7.21. The topological polar surface area (TPSA) is 68.0 Å². The lowest BCUT2D eigenvalue weighted by molar-refractivity contribution is 0.0956. The number of rotatable bonds is 3. The maximum Gasteiger partial charge on any atom is 0.263 e. The van der Waals surface area contributed by atoms with Crippen molar-refractivity contribution >= 4 is 33.1 Å². The number of carbonyl (C=O) groups is 1. The van der Waals surface area contributed by atoms with Crippen molar-refractivity contribution in [2.75, 3.05) is 5.73 Å². The number of benzene rings is 1. The Bertz CT molecular complexity index is 1020. The zero-order chi connectivity index (χ0) is 19.9. The minimum absolute atomic E-state index is 0.130. The summed E-state index contributed by atoms with van der Waals surface area (Å²) in [5.41, 5.74) is 10.7. The smallest absolute Gasteiger partial charge is 0.263 e. The van der Waals surface area contributed by atoms with Crippen LogP contribution in [0.2, 0.25) is 0 Å². The Labute approximate surface area is 170 Å². The first-order valence-corrected chi connectivity index (χ1v) is 10.7. The number of thiophene rings is 1. The molecule has 0 spiro atoms. The molecule has 1 unspecified atom stereocenters. The van der Waals surface area contributed by atoms with Crippen molar-refractivity contribution in [3.05, 3.63) is 58.1 Å². The number of hydrogen-bond donors (Lipinski definition) is 2. The zero-order valence-corrected chi connectivity index (χ0v) is 17.5. The third kappa shape index (κ3) is 3.63. The summed E-state index contributed by atoms with van der Waals surface area (Å²) in [5, 5.41) is 3.90. The molecular weight excluding hydrogens is 366 g/mol. The highest BCUT2D eigenvalue weighted by atomic mass is 32.1.